The minimum absolute atomic E-state index is 0.0679. The Labute approximate surface area is 133 Å². The molecule has 7 nitrogen and oxygen atoms in total. The van der Waals surface area contributed by atoms with Gasteiger partial charge in [0.25, 0.3) is 0 Å². The van der Waals surface area contributed by atoms with E-state index >= 15 is 0 Å². The molecule has 1 aromatic rings. The molecular formula is C14H20N2O5S. The van der Waals surface area contributed by atoms with Crippen molar-refractivity contribution in [2.45, 2.75) is 31.3 Å². The third kappa shape index (κ3) is 6.21. The van der Waals surface area contributed by atoms with Crippen LogP contribution in [0.15, 0.2) is 17.0 Å². The summed E-state index contributed by atoms with van der Waals surface area (Å²) in [5, 5.41) is 11.7. The highest BCUT2D eigenvalue weighted by atomic mass is 32.2. The Morgan fingerprint density at radius 3 is 2.59 bits per heavy atom. The molecule has 0 saturated heterocycles. The maximum absolute atomic E-state index is 11.5. The number of aromatic nitrogens is 1. The van der Waals surface area contributed by atoms with E-state index < -0.39 is 17.7 Å². The smallest absolute Gasteiger partial charge is 0.407 e. The second kappa shape index (κ2) is 7.88. The maximum Gasteiger partial charge on any atom is 0.407 e. The zero-order valence-corrected chi connectivity index (χ0v) is 13.8. The fourth-order valence-corrected chi connectivity index (χ4v) is 2.30. The normalized spacial score (nSPS) is 10.9. The number of methoxy groups -OCH3 is 1. The van der Waals surface area contributed by atoms with E-state index in [4.69, 9.17) is 14.6 Å². The summed E-state index contributed by atoms with van der Waals surface area (Å²) in [4.78, 5) is 27.0. The number of amides is 1. The van der Waals surface area contributed by atoms with Crippen molar-refractivity contribution in [2.24, 2.45) is 0 Å². The number of ether oxygens (including phenoxy) is 2. The Bertz CT molecular complexity index is 543. The Hall–Kier alpha value is -1.96. The van der Waals surface area contributed by atoms with Crippen LogP contribution in [-0.2, 0) is 4.74 Å². The lowest BCUT2D eigenvalue weighted by atomic mass is 10.2. The highest BCUT2D eigenvalue weighted by molar-refractivity contribution is 7.99. The first-order valence-corrected chi connectivity index (χ1v) is 7.59. The molecular weight excluding hydrogens is 308 g/mol. The van der Waals surface area contributed by atoms with Crippen LogP contribution >= 0.6 is 11.8 Å². The molecule has 0 bridgehead atoms. The fraction of sp³-hybridized carbons (Fsp3) is 0.500. The lowest BCUT2D eigenvalue weighted by Gasteiger charge is -2.19. The molecule has 1 rings (SSSR count). The minimum Gasteiger partial charge on any atom is -0.481 e. The summed E-state index contributed by atoms with van der Waals surface area (Å²) >= 11 is 1.29. The van der Waals surface area contributed by atoms with Gasteiger partial charge in [-0.2, -0.15) is 0 Å². The first-order chi connectivity index (χ1) is 10.2. The van der Waals surface area contributed by atoms with Gasteiger partial charge < -0.3 is 19.9 Å². The van der Waals surface area contributed by atoms with Gasteiger partial charge in [-0.25, -0.2) is 14.6 Å². The topological polar surface area (TPSA) is 97.8 Å². The molecule has 22 heavy (non-hydrogen) atoms. The van der Waals surface area contributed by atoms with Crippen molar-refractivity contribution in [1.29, 1.82) is 0 Å². The molecule has 1 amide bonds. The quantitative estimate of drug-likeness (QED) is 0.611. The maximum atomic E-state index is 11.5. The van der Waals surface area contributed by atoms with E-state index in [0.717, 1.165) is 0 Å². The van der Waals surface area contributed by atoms with Gasteiger partial charge in [-0.1, -0.05) is 0 Å². The molecule has 0 aliphatic carbocycles. The van der Waals surface area contributed by atoms with Crippen LogP contribution in [0, 0.1) is 0 Å². The number of pyridine rings is 1. The summed E-state index contributed by atoms with van der Waals surface area (Å²) in [6.07, 6.45) is -0.501. The molecule has 8 heteroatoms. The SMILES string of the molecule is COc1ccc(SCCNC(=O)OC(C)(C)C)c(C(=O)O)n1. The second-order valence-corrected chi connectivity index (χ2v) is 6.42. The van der Waals surface area contributed by atoms with Crippen LogP contribution in [0.5, 0.6) is 5.88 Å². The van der Waals surface area contributed by atoms with Crippen LogP contribution in [0.25, 0.3) is 0 Å². The third-order valence-corrected chi connectivity index (χ3v) is 3.32. The summed E-state index contributed by atoms with van der Waals surface area (Å²) in [5.41, 5.74) is -0.616. The Morgan fingerprint density at radius 1 is 1.36 bits per heavy atom. The second-order valence-electron chi connectivity index (χ2n) is 5.28. The summed E-state index contributed by atoms with van der Waals surface area (Å²) in [6, 6.07) is 3.23. The predicted molar refractivity (Wildman–Crippen MR) is 82.7 cm³/mol. The molecule has 2 N–H and O–H groups in total. The Balaban J connectivity index is 2.52. The average Bonchev–Trinajstić information content (AvgIpc) is 2.41. The van der Waals surface area contributed by atoms with Gasteiger partial charge in [-0.3, -0.25) is 0 Å². The summed E-state index contributed by atoms with van der Waals surface area (Å²) in [6.45, 7) is 5.70. The number of hydrogen-bond donors (Lipinski definition) is 2. The van der Waals surface area contributed by atoms with Crippen LogP contribution in [0.1, 0.15) is 31.3 Å². The molecule has 0 saturated carbocycles. The molecule has 0 atom stereocenters. The molecule has 1 heterocycles. The van der Waals surface area contributed by atoms with Crippen molar-refractivity contribution in [1.82, 2.24) is 10.3 Å². The molecule has 0 fully saturated rings. The first-order valence-electron chi connectivity index (χ1n) is 6.61. The van der Waals surface area contributed by atoms with Gasteiger partial charge in [0.2, 0.25) is 5.88 Å². The van der Waals surface area contributed by atoms with Crippen LogP contribution < -0.4 is 10.1 Å². The predicted octanol–water partition coefficient (Wildman–Crippen LogP) is 2.41. The van der Waals surface area contributed by atoms with E-state index in [2.05, 4.69) is 10.3 Å². The molecule has 1 aromatic heterocycles. The van der Waals surface area contributed by atoms with Crippen LogP contribution in [0.2, 0.25) is 0 Å². The number of carbonyl (C=O) groups is 2. The van der Waals surface area contributed by atoms with E-state index in [0.29, 0.717) is 17.2 Å². The van der Waals surface area contributed by atoms with Gasteiger partial charge in [-0.15, -0.1) is 11.8 Å². The highest BCUT2D eigenvalue weighted by Crippen LogP contribution is 2.23. The van der Waals surface area contributed by atoms with Crippen molar-refractivity contribution in [3.63, 3.8) is 0 Å². The third-order valence-electron chi connectivity index (χ3n) is 2.27. The number of carboxylic acids is 1. The molecule has 0 aromatic carbocycles. The molecule has 0 radical (unpaired) electrons. The van der Waals surface area contributed by atoms with Crippen molar-refractivity contribution < 1.29 is 24.2 Å². The number of nitrogens with zero attached hydrogens (tertiary/aromatic N) is 1. The van der Waals surface area contributed by atoms with E-state index in [1.165, 1.54) is 18.9 Å². The van der Waals surface area contributed by atoms with Crippen LogP contribution in [0.3, 0.4) is 0 Å². The van der Waals surface area contributed by atoms with E-state index in [1.54, 1.807) is 32.9 Å². The summed E-state index contributed by atoms with van der Waals surface area (Å²) in [7, 11) is 1.42. The van der Waals surface area contributed by atoms with Crippen molar-refractivity contribution in [2.75, 3.05) is 19.4 Å². The molecule has 0 unspecified atom stereocenters. The lowest BCUT2D eigenvalue weighted by Crippen LogP contribution is -2.33. The van der Waals surface area contributed by atoms with Gasteiger partial charge in [0, 0.05) is 23.3 Å². The standard InChI is InChI=1S/C14H20N2O5S/c1-14(2,3)21-13(19)15-7-8-22-9-5-6-10(20-4)16-11(9)12(17)18/h5-6H,7-8H2,1-4H3,(H,15,19)(H,17,18). The van der Waals surface area contributed by atoms with E-state index in [-0.39, 0.29) is 11.6 Å². The number of aromatic carboxylic acids is 1. The van der Waals surface area contributed by atoms with Gasteiger partial charge >= 0.3 is 12.1 Å². The minimum atomic E-state index is -1.12. The summed E-state index contributed by atoms with van der Waals surface area (Å²) < 4.78 is 10.0. The number of carboxylic acid groups (broad SMARTS) is 1. The van der Waals surface area contributed by atoms with E-state index in [9.17, 15) is 9.59 Å². The first kappa shape index (κ1) is 18.1. The van der Waals surface area contributed by atoms with Crippen LogP contribution in [-0.4, -0.2) is 47.2 Å². The summed E-state index contributed by atoms with van der Waals surface area (Å²) in [5.74, 6) is -0.386. The van der Waals surface area contributed by atoms with Crippen LogP contribution in [0.4, 0.5) is 4.79 Å². The van der Waals surface area contributed by atoms with Gasteiger partial charge in [0.15, 0.2) is 5.69 Å². The number of rotatable bonds is 6. The highest BCUT2D eigenvalue weighted by Gasteiger charge is 2.16. The molecule has 0 spiro atoms. The number of thioether (sulfide) groups is 1. The van der Waals surface area contributed by atoms with Gasteiger partial charge in [0.05, 0.1) is 7.11 Å². The number of nitrogens with one attached hydrogen (secondary N) is 1. The zero-order valence-electron chi connectivity index (χ0n) is 13.0. The van der Waals surface area contributed by atoms with Gasteiger partial charge in [-0.05, 0) is 26.8 Å². The monoisotopic (exact) mass is 328 g/mol. The lowest BCUT2D eigenvalue weighted by molar-refractivity contribution is 0.0530. The molecule has 0 aliphatic heterocycles. The number of carbonyl (C=O) groups excluding carboxylic acids is 1. The fourth-order valence-electron chi connectivity index (χ4n) is 1.44. The van der Waals surface area contributed by atoms with Crippen molar-refractivity contribution in [3.8, 4) is 5.88 Å². The molecule has 122 valence electrons. The van der Waals surface area contributed by atoms with Gasteiger partial charge in [0.1, 0.15) is 5.60 Å². The number of hydrogen-bond acceptors (Lipinski definition) is 6. The van der Waals surface area contributed by atoms with Crippen molar-refractivity contribution >= 4 is 23.8 Å². The Kier molecular flexibility index (Phi) is 6.48. The van der Waals surface area contributed by atoms with Crippen molar-refractivity contribution in [3.05, 3.63) is 17.8 Å². The zero-order chi connectivity index (χ0) is 16.8. The number of alkyl carbamates (subject to hydrolysis) is 1. The largest absolute Gasteiger partial charge is 0.481 e. The van der Waals surface area contributed by atoms with E-state index in [1.807, 2.05) is 0 Å². The average molecular weight is 328 g/mol. The Morgan fingerprint density at radius 2 is 2.05 bits per heavy atom. The molecule has 0 aliphatic rings.